The molecule has 0 saturated carbocycles. The van der Waals surface area contributed by atoms with Crippen molar-refractivity contribution in [3.63, 3.8) is 0 Å². The second kappa shape index (κ2) is 9.40. The third kappa shape index (κ3) is 6.09. The van der Waals surface area contributed by atoms with E-state index in [1.807, 2.05) is 0 Å². The fourth-order valence-corrected chi connectivity index (χ4v) is 1.54. The molecule has 7 nitrogen and oxygen atoms in total. The highest BCUT2D eigenvalue weighted by Gasteiger charge is 2.13. The Kier molecular flexibility index (Phi) is 8.69. The summed E-state index contributed by atoms with van der Waals surface area (Å²) in [6.07, 6.45) is 2.19. The molecule has 0 heterocycles. The summed E-state index contributed by atoms with van der Waals surface area (Å²) in [6, 6.07) is 5.01. The fraction of sp³-hybridized carbons (Fsp3) is 0.417. The molecule has 1 atom stereocenters. The summed E-state index contributed by atoms with van der Waals surface area (Å²) >= 11 is 0. The van der Waals surface area contributed by atoms with Gasteiger partial charge in [-0.05, 0) is 31.5 Å². The number of non-ortho nitro benzene ring substituents is 1. The standard InChI is InChI=1S/C12H18N4O3.BrH/c13-8-2-1-3-11(14)12(17)15-9-4-6-10(7-5-9)16(18)19;/h4-7,11H,1-3,8,13-14H2,(H,15,17);1H. The first kappa shape index (κ1) is 18.5. The number of hydrogen-bond acceptors (Lipinski definition) is 5. The molecule has 112 valence electrons. The highest BCUT2D eigenvalue weighted by atomic mass is 79.9. The summed E-state index contributed by atoms with van der Waals surface area (Å²) in [7, 11) is 0. The van der Waals surface area contributed by atoms with E-state index in [0.29, 0.717) is 18.7 Å². The van der Waals surface area contributed by atoms with E-state index in [2.05, 4.69) is 5.32 Å². The van der Waals surface area contributed by atoms with Crippen LogP contribution in [0.4, 0.5) is 11.4 Å². The van der Waals surface area contributed by atoms with Crippen LogP contribution in [0.25, 0.3) is 0 Å². The highest BCUT2D eigenvalue weighted by molar-refractivity contribution is 8.93. The van der Waals surface area contributed by atoms with Gasteiger partial charge in [-0.2, -0.15) is 0 Å². The number of nitro benzene ring substituents is 1. The minimum Gasteiger partial charge on any atom is -0.330 e. The smallest absolute Gasteiger partial charge is 0.269 e. The molecule has 0 spiro atoms. The van der Waals surface area contributed by atoms with Crippen LogP contribution in [0.3, 0.4) is 0 Å². The minimum absolute atomic E-state index is 0. The van der Waals surface area contributed by atoms with Gasteiger partial charge in [0.05, 0.1) is 11.0 Å². The number of halogens is 1. The molecule has 0 aromatic heterocycles. The van der Waals surface area contributed by atoms with Crippen molar-refractivity contribution in [2.75, 3.05) is 11.9 Å². The number of hydrogen-bond donors (Lipinski definition) is 3. The highest BCUT2D eigenvalue weighted by Crippen LogP contribution is 2.15. The summed E-state index contributed by atoms with van der Waals surface area (Å²) in [4.78, 5) is 21.7. The molecule has 1 amide bonds. The number of nitrogens with two attached hydrogens (primary N) is 2. The molecular weight excluding hydrogens is 328 g/mol. The Morgan fingerprint density at radius 2 is 1.90 bits per heavy atom. The van der Waals surface area contributed by atoms with Crippen molar-refractivity contribution in [1.82, 2.24) is 0 Å². The average Bonchev–Trinajstić information content (AvgIpc) is 2.39. The van der Waals surface area contributed by atoms with Gasteiger partial charge < -0.3 is 16.8 Å². The van der Waals surface area contributed by atoms with E-state index in [1.165, 1.54) is 24.3 Å². The van der Waals surface area contributed by atoms with E-state index in [0.717, 1.165) is 12.8 Å². The van der Waals surface area contributed by atoms with Gasteiger partial charge in [0.1, 0.15) is 0 Å². The van der Waals surface area contributed by atoms with Gasteiger partial charge in [0.25, 0.3) is 5.69 Å². The molecule has 0 radical (unpaired) electrons. The third-order valence-electron chi connectivity index (χ3n) is 2.65. The number of unbranched alkanes of at least 4 members (excludes halogenated alkanes) is 1. The van der Waals surface area contributed by atoms with Crippen molar-refractivity contribution >= 4 is 34.3 Å². The number of nitrogens with zero attached hydrogens (tertiary/aromatic N) is 1. The molecule has 20 heavy (non-hydrogen) atoms. The number of carbonyl (C=O) groups excluding carboxylic acids is 1. The third-order valence-corrected chi connectivity index (χ3v) is 2.65. The SMILES string of the molecule is Br.NCCCCC(N)C(=O)Nc1ccc([N+](=O)[O-])cc1. The van der Waals surface area contributed by atoms with Gasteiger partial charge >= 0.3 is 0 Å². The maximum Gasteiger partial charge on any atom is 0.269 e. The quantitative estimate of drug-likeness (QED) is 0.392. The lowest BCUT2D eigenvalue weighted by Crippen LogP contribution is -2.35. The first-order valence-corrected chi connectivity index (χ1v) is 6.05. The lowest BCUT2D eigenvalue weighted by atomic mass is 10.1. The zero-order valence-corrected chi connectivity index (χ0v) is 12.7. The number of carbonyl (C=O) groups is 1. The monoisotopic (exact) mass is 346 g/mol. The number of anilines is 1. The number of nitrogens with one attached hydrogen (secondary N) is 1. The molecule has 1 aromatic rings. The largest absolute Gasteiger partial charge is 0.330 e. The zero-order valence-electron chi connectivity index (χ0n) is 11.0. The maximum atomic E-state index is 11.7. The van der Waals surface area contributed by atoms with Crippen LogP contribution in [0.15, 0.2) is 24.3 Å². The molecule has 0 fully saturated rings. The number of benzene rings is 1. The minimum atomic E-state index is -0.596. The Balaban J connectivity index is 0.00000361. The zero-order chi connectivity index (χ0) is 14.3. The Hall–Kier alpha value is -1.51. The van der Waals surface area contributed by atoms with Gasteiger partial charge in [-0.25, -0.2) is 0 Å². The molecule has 8 heteroatoms. The Morgan fingerprint density at radius 1 is 1.30 bits per heavy atom. The van der Waals surface area contributed by atoms with Crippen molar-refractivity contribution in [1.29, 1.82) is 0 Å². The lowest BCUT2D eigenvalue weighted by molar-refractivity contribution is -0.384. The summed E-state index contributed by atoms with van der Waals surface area (Å²) in [5, 5.41) is 13.1. The van der Waals surface area contributed by atoms with E-state index in [1.54, 1.807) is 0 Å². The molecule has 0 bridgehead atoms. The van der Waals surface area contributed by atoms with Crippen LogP contribution in [0.5, 0.6) is 0 Å². The van der Waals surface area contributed by atoms with E-state index in [4.69, 9.17) is 11.5 Å². The van der Waals surface area contributed by atoms with Crippen molar-refractivity contribution < 1.29 is 9.72 Å². The first-order valence-electron chi connectivity index (χ1n) is 6.05. The molecule has 5 N–H and O–H groups in total. The van der Waals surface area contributed by atoms with Gasteiger partial charge in [-0.1, -0.05) is 6.42 Å². The molecule has 1 aromatic carbocycles. The van der Waals surface area contributed by atoms with Crippen molar-refractivity contribution in [3.8, 4) is 0 Å². The van der Waals surface area contributed by atoms with Crippen molar-refractivity contribution in [3.05, 3.63) is 34.4 Å². The predicted octanol–water partition coefficient (Wildman–Crippen LogP) is 1.57. The molecule has 1 rings (SSSR count). The number of amides is 1. The van der Waals surface area contributed by atoms with Gasteiger partial charge in [0.15, 0.2) is 0 Å². The summed E-state index contributed by atoms with van der Waals surface area (Å²) < 4.78 is 0. The van der Waals surface area contributed by atoms with Gasteiger partial charge in [0, 0.05) is 17.8 Å². The normalized spacial score (nSPS) is 11.3. The molecule has 1 unspecified atom stereocenters. The van der Waals surface area contributed by atoms with Crippen LogP contribution in [0.1, 0.15) is 19.3 Å². The Bertz CT molecular complexity index is 439. The molecular formula is C12H19BrN4O3. The number of rotatable bonds is 7. The van der Waals surface area contributed by atoms with Gasteiger partial charge in [-0.15, -0.1) is 17.0 Å². The summed E-state index contributed by atoms with van der Waals surface area (Å²) in [5.41, 5.74) is 11.5. The second-order valence-electron chi connectivity index (χ2n) is 4.18. The molecule has 0 saturated heterocycles. The van der Waals surface area contributed by atoms with E-state index in [-0.39, 0.29) is 28.6 Å². The topological polar surface area (TPSA) is 124 Å². The van der Waals surface area contributed by atoms with Gasteiger partial charge in [-0.3, -0.25) is 14.9 Å². The second-order valence-corrected chi connectivity index (χ2v) is 4.18. The Morgan fingerprint density at radius 3 is 2.40 bits per heavy atom. The van der Waals surface area contributed by atoms with Crippen LogP contribution >= 0.6 is 17.0 Å². The summed E-state index contributed by atoms with van der Waals surface area (Å²) in [5.74, 6) is -0.300. The van der Waals surface area contributed by atoms with Crippen LogP contribution in [0, 0.1) is 10.1 Å². The van der Waals surface area contributed by atoms with Crippen LogP contribution < -0.4 is 16.8 Å². The summed E-state index contributed by atoms with van der Waals surface area (Å²) in [6.45, 7) is 0.580. The number of nitro groups is 1. The van der Waals surface area contributed by atoms with E-state index < -0.39 is 11.0 Å². The van der Waals surface area contributed by atoms with Crippen molar-refractivity contribution in [2.45, 2.75) is 25.3 Å². The fourth-order valence-electron chi connectivity index (χ4n) is 1.54. The lowest BCUT2D eigenvalue weighted by Gasteiger charge is -2.11. The van der Waals surface area contributed by atoms with Crippen LogP contribution in [-0.4, -0.2) is 23.4 Å². The molecule has 0 aliphatic rings. The average molecular weight is 347 g/mol. The predicted molar refractivity (Wildman–Crippen MR) is 82.9 cm³/mol. The first-order chi connectivity index (χ1) is 9.04. The molecule has 0 aliphatic carbocycles. The van der Waals surface area contributed by atoms with E-state index >= 15 is 0 Å². The molecule has 0 aliphatic heterocycles. The Labute approximate surface area is 127 Å². The van der Waals surface area contributed by atoms with Crippen molar-refractivity contribution in [2.24, 2.45) is 11.5 Å². The maximum absolute atomic E-state index is 11.7. The van der Waals surface area contributed by atoms with E-state index in [9.17, 15) is 14.9 Å². The van der Waals surface area contributed by atoms with Gasteiger partial charge in [0.2, 0.25) is 5.91 Å². The van der Waals surface area contributed by atoms with Crippen LogP contribution in [-0.2, 0) is 4.79 Å². The van der Waals surface area contributed by atoms with Crippen LogP contribution in [0.2, 0.25) is 0 Å².